The van der Waals surface area contributed by atoms with Crippen molar-refractivity contribution in [1.29, 1.82) is 0 Å². The van der Waals surface area contributed by atoms with Crippen molar-refractivity contribution in [2.45, 2.75) is 23.8 Å². The fourth-order valence-electron chi connectivity index (χ4n) is 3.96. The van der Waals surface area contributed by atoms with Crippen molar-refractivity contribution in [1.82, 2.24) is 9.62 Å². The van der Waals surface area contributed by atoms with Crippen LogP contribution >= 0.6 is 11.6 Å². The molecule has 0 radical (unpaired) electrons. The third-order valence-electron chi connectivity index (χ3n) is 5.76. The molecule has 1 aliphatic heterocycles. The summed E-state index contributed by atoms with van der Waals surface area (Å²) in [4.78, 5) is 25.2. The summed E-state index contributed by atoms with van der Waals surface area (Å²) in [6, 6.07) is 22.4. The van der Waals surface area contributed by atoms with Crippen molar-refractivity contribution in [3.63, 3.8) is 0 Å². The molecule has 3 aromatic carbocycles. The number of carbonyl (C=O) groups excluding carboxylic acids is 2. The number of ether oxygens (including phenoxy) is 1. The first-order valence-corrected chi connectivity index (χ1v) is 13.0. The monoisotopic (exact) mass is 512 g/mol. The molecule has 1 fully saturated rings. The Morgan fingerprint density at radius 3 is 2.06 bits per heavy atom. The second-order valence-electron chi connectivity index (χ2n) is 8.15. The summed E-state index contributed by atoms with van der Waals surface area (Å²) < 4.78 is 32.4. The lowest BCUT2D eigenvalue weighted by Crippen LogP contribution is -2.33. The van der Waals surface area contributed by atoms with Crippen molar-refractivity contribution in [3.8, 4) is 0 Å². The number of hydrogen-bond acceptors (Lipinski definition) is 5. The molecule has 1 N–H and O–H groups in total. The molecule has 7 nitrogen and oxygen atoms in total. The Morgan fingerprint density at radius 1 is 0.914 bits per heavy atom. The van der Waals surface area contributed by atoms with Crippen LogP contribution in [0.2, 0.25) is 5.02 Å². The fraction of sp³-hybridized carbons (Fsp3) is 0.231. The minimum atomic E-state index is -3.82. The number of amides is 1. The lowest BCUT2D eigenvalue weighted by Gasteiger charge is -2.20. The summed E-state index contributed by atoms with van der Waals surface area (Å²) in [6.45, 7) is 0.306. The van der Waals surface area contributed by atoms with Gasteiger partial charge in [-0.15, -0.1) is 0 Å². The molecule has 9 heteroatoms. The SMILES string of the molecule is O=C(COC(=O)c1ccc(Cl)c(S(=O)(=O)N2CCCC2)c1)NC(c1ccccc1)c1ccccc1. The van der Waals surface area contributed by atoms with E-state index in [0.717, 1.165) is 24.0 Å². The van der Waals surface area contributed by atoms with Gasteiger partial charge >= 0.3 is 5.97 Å². The Kier molecular flexibility index (Phi) is 7.85. The highest BCUT2D eigenvalue weighted by Crippen LogP contribution is 2.28. The number of benzene rings is 3. The van der Waals surface area contributed by atoms with E-state index in [2.05, 4.69) is 5.32 Å². The maximum Gasteiger partial charge on any atom is 0.338 e. The first kappa shape index (κ1) is 24.9. The number of halogens is 1. The minimum absolute atomic E-state index is 0.00245. The van der Waals surface area contributed by atoms with E-state index in [1.165, 1.54) is 22.5 Å². The summed E-state index contributed by atoms with van der Waals surface area (Å²) in [5.41, 5.74) is 1.77. The Labute approximate surface area is 209 Å². The molecule has 1 amide bonds. The van der Waals surface area contributed by atoms with Gasteiger partial charge in [-0.2, -0.15) is 4.31 Å². The number of carbonyl (C=O) groups is 2. The van der Waals surface area contributed by atoms with Crippen LogP contribution in [0.15, 0.2) is 83.8 Å². The first-order valence-electron chi connectivity index (χ1n) is 11.2. The molecular formula is C26H25ClN2O5S. The van der Waals surface area contributed by atoms with Gasteiger partial charge < -0.3 is 10.1 Å². The predicted octanol–water partition coefficient (Wildman–Crippen LogP) is 4.19. The van der Waals surface area contributed by atoms with Crippen molar-refractivity contribution in [3.05, 3.63) is 101 Å². The van der Waals surface area contributed by atoms with E-state index in [1.54, 1.807) is 0 Å². The molecule has 1 saturated heterocycles. The normalized spacial score (nSPS) is 14.1. The molecule has 0 bridgehead atoms. The van der Waals surface area contributed by atoms with Gasteiger partial charge in [0.1, 0.15) is 4.90 Å². The summed E-state index contributed by atoms with van der Waals surface area (Å²) in [5.74, 6) is -1.31. The van der Waals surface area contributed by atoms with Crippen molar-refractivity contribution in [2.75, 3.05) is 19.7 Å². The zero-order valence-corrected chi connectivity index (χ0v) is 20.5. The summed E-state index contributed by atoms with van der Waals surface area (Å²) in [7, 11) is -3.82. The molecule has 1 heterocycles. The highest BCUT2D eigenvalue weighted by molar-refractivity contribution is 7.89. The lowest BCUT2D eigenvalue weighted by atomic mass is 9.99. The molecule has 0 saturated carbocycles. The number of nitrogens with one attached hydrogen (secondary N) is 1. The van der Waals surface area contributed by atoms with E-state index in [9.17, 15) is 18.0 Å². The maximum atomic E-state index is 12.9. The van der Waals surface area contributed by atoms with Crippen molar-refractivity contribution < 1.29 is 22.7 Å². The van der Waals surface area contributed by atoms with E-state index >= 15 is 0 Å². The summed E-state index contributed by atoms with van der Waals surface area (Å²) in [5, 5.41) is 2.93. The number of rotatable bonds is 8. The molecule has 0 aromatic heterocycles. The fourth-order valence-corrected chi connectivity index (χ4v) is 5.98. The third-order valence-corrected chi connectivity index (χ3v) is 8.14. The highest BCUT2D eigenvalue weighted by Gasteiger charge is 2.30. The van der Waals surface area contributed by atoms with Crippen LogP contribution in [0.4, 0.5) is 0 Å². The molecule has 35 heavy (non-hydrogen) atoms. The summed E-state index contributed by atoms with van der Waals surface area (Å²) >= 11 is 6.14. The maximum absolute atomic E-state index is 12.9. The van der Waals surface area contributed by atoms with Crippen molar-refractivity contribution >= 4 is 33.5 Å². The third kappa shape index (κ3) is 5.90. The van der Waals surface area contributed by atoms with Gasteiger partial charge in [0, 0.05) is 13.1 Å². The van der Waals surface area contributed by atoms with Gasteiger partial charge in [-0.05, 0) is 42.2 Å². The first-order chi connectivity index (χ1) is 16.9. The van der Waals surface area contributed by atoms with Crippen LogP contribution in [-0.4, -0.2) is 44.3 Å². The van der Waals surface area contributed by atoms with Crippen LogP contribution in [0, 0.1) is 0 Å². The van der Waals surface area contributed by atoms with E-state index < -0.39 is 34.5 Å². The van der Waals surface area contributed by atoms with Crippen molar-refractivity contribution in [2.24, 2.45) is 0 Å². The van der Waals surface area contributed by atoms with E-state index in [-0.39, 0.29) is 15.5 Å². The van der Waals surface area contributed by atoms with Crippen LogP contribution in [0.3, 0.4) is 0 Å². The average Bonchev–Trinajstić information content (AvgIpc) is 3.43. The molecule has 0 atom stereocenters. The molecule has 0 spiro atoms. The van der Waals surface area contributed by atoms with Gasteiger partial charge in [-0.25, -0.2) is 13.2 Å². The number of sulfonamides is 1. The molecule has 3 aromatic rings. The lowest BCUT2D eigenvalue weighted by molar-refractivity contribution is -0.124. The second-order valence-corrected chi connectivity index (χ2v) is 10.5. The van der Waals surface area contributed by atoms with Gasteiger partial charge in [-0.1, -0.05) is 72.3 Å². The van der Waals surface area contributed by atoms with Crippen LogP contribution in [0.5, 0.6) is 0 Å². The van der Waals surface area contributed by atoms with E-state index in [4.69, 9.17) is 16.3 Å². The number of hydrogen-bond donors (Lipinski definition) is 1. The smallest absolute Gasteiger partial charge is 0.338 e. The minimum Gasteiger partial charge on any atom is -0.452 e. The zero-order chi connectivity index (χ0) is 24.8. The Balaban J connectivity index is 1.45. The summed E-state index contributed by atoms with van der Waals surface area (Å²) in [6.07, 6.45) is 1.56. The molecule has 0 aliphatic carbocycles. The quantitative estimate of drug-likeness (QED) is 0.457. The van der Waals surface area contributed by atoms with Gasteiger partial charge in [-0.3, -0.25) is 4.79 Å². The van der Waals surface area contributed by atoms with Crippen LogP contribution in [0.1, 0.15) is 40.4 Å². The van der Waals surface area contributed by atoms with Crippen LogP contribution in [-0.2, 0) is 19.6 Å². The Bertz CT molecular complexity index is 1250. The van der Waals surface area contributed by atoms with Crippen LogP contribution < -0.4 is 5.32 Å². The number of esters is 1. The second kappa shape index (κ2) is 11.0. The van der Waals surface area contributed by atoms with Gasteiger partial charge in [0.15, 0.2) is 6.61 Å². The Morgan fingerprint density at radius 2 is 1.49 bits per heavy atom. The van der Waals surface area contributed by atoms with E-state index in [1.807, 2.05) is 60.7 Å². The largest absolute Gasteiger partial charge is 0.452 e. The predicted molar refractivity (Wildman–Crippen MR) is 133 cm³/mol. The Hall–Kier alpha value is -3.20. The molecule has 0 unspecified atom stereocenters. The molecule has 182 valence electrons. The van der Waals surface area contributed by atoms with Crippen LogP contribution in [0.25, 0.3) is 0 Å². The van der Waals surface area contributed by atoms with Gasteiger partial charge in [0.2, 0.25) is 10.0 Å². The molecule has 1 aliphatic rings. The number of nitrogens with zero attached hydrogens (tertiary/aromatic N) is 1. The van der Waals surface area contributed by atoms with Gasteiger partial charge in [0.25, 0.3) is 5.91 Å². The highest BCUT2D eigenvalue weighted by atomic mass is 35.5. The van der Waals surface area contributed by atoms with Gasteiger partial charge in [0.05, 0.1) is 16.6 Å². The standard InChI is InChI=1S/C26H25ClN2O5S/c27-22-14-13-21(17-23(22)35(32,33)29-15-7-8-16-29)26(31)34-18-24(30)28-25(19-9-3-1-4-10-19)20-11-5-2-6-12-20/h1-6,9-14,17,25H,7-8,15-16,18H2,(H,28,30). The average molecular weight is 513 g/mol. The zero-order valence-electron chi connectivity index (χ0n) is 18.9. The topological polar surface area (TPSA) is 92.8 Å². The van der Waals surface area contributed by atoms with E-state index in [0.29, 0.717) is 13.1 Å². The molecular weight excluding hydrogens is 488 g/mol. The molecule has 4 rings (SSSR count).